The molecule has 0 unspecified atom stereocenters. The van der Waals surface area contributed by atoms with Crippen molar-refractivity contribution in [3.05, 3.63) is 29.3 Å². The number of rotatable bonds is 6. The van der Waals surface area contributed by atoms with E-state index in [1.807, 2.05) is 32.0 Å². The predicted molar refractivity (Wildman–Crippen MR) is 98.8 cm³/mol. The van der Waals surface area contributed by atoms with Gasteiger partial charge >= 0.3 is 6.03 Å². The van der Waals surface area contributed by atoms with E-state index in [1.165, 1.54) is 6.26 Å². The van der Waals surface area contributed by atoms with Gasteiger partial charge in [-0.2, -0.15) is 0 Å². The molecule has 1 aromatic carbocycles. The van der Waals surface area contributed by atoms with Crippen LogP contribution in [0.3, 0.4) is 0 Å². The van der Waals surface area contributed by atoms with Crippen molar-refractivity contribution in [2.75, 3.05) is 38.2 Å². The molecule has 1 saturated heterocycles. The standard InChI is InChI=1S/C18H28N2O4S/c1-14-6-7-15(2)17(11-14)24-10-8-19-18(21)20-9-4-5-16(12-20)13-25(3,22)23/h6-7,11,16H,4-5,8-10,12-13H2,1-3H3,(H,19,21)/t16-/m1/s1. The Labute approximate surface area is 150 Å². The summed E-state index contributed by atoms with van der Waals surface area (Å²) in [6.45, 7) is 5.98. The molecule has 1 N–H and O–H groups in total. The molecule has 7 heteroatoms. The molecular weight excluding hydrogens is 340 g/mol. The molecule has 140 valence electrons. The summed E-state index contributed by atoms with van der Waals surface area (Å²) in [4.78, 5) is 14.0. The quantitative estimate of drug-likeness (QED) is 0.781. The number of carbonyl (C=O) groups is 1. The molecule has 0 aliphatic carbocycles. The van der Waals surface area contributed by atoms with Crippen molar-refractivity contribution >= 4 is 15.9 Å². The number of nitrogens with zero attached hydrogens (tertiary/aromatic N) is 1. The van der Waals surface area contributed by atoms with E-state index in [-0.39, 0.29) is 17.7 Å². The van der Waals surface area contributed by atoms with Gasteiger partial charge in [0.1, 0.15) is 22.2 Å². The van der Waals surface area contributed by atoms with Crippen LogP contribution in [-0.4, -0.2) is 57.6 Å². The average molecular weight is 368 g/mol. The predicted octanol–water partition coefficient (Wildman–Crippen LogP) is 2.15. The summed E-state index contributed by atoms with van der Waals surface area (Å²) in [6, 6.07) is 5.88. The highest BCUT2D eigenvalue weighted by molar-refractivity contribution is 7.90. The van der Waals surface area contributed by atoms with Crippen molar-refractivity contribution in [2.45, 2.75) is 26.7 Å². The maximum atomic E-state index is 12.3. The monoisotopic (exact) mass is 368 g/mol. The van der Waals surface area contributed by atoms with Crippen molar-refractivity contribution in [1.29, 1.82) is 0 Å². The minimum Gasteiger partial charge on any atom is -0.491 e. The van der Waals surface area contributed by atoms with Crippen LogP contribution >= 0.6 is 0 Å². The summed E-state index contributed by atoms with van der Waals surface area (Å²) in [6.07, 6.45) is 2.94. The lowest BCUT2D eigenvalue weighted by molar-refractivity contribution is 0.168. The Morgan fingerprint density at radius 3 is 2.84 bits per heavy atom. The van der Waals surface area contributed by atoms with Gasteiger partial charge in [0.2, 0.25) is 0 Å². The van der Waals surface area contributed by atoms with E-state index in [9.17, 15) is 13.2 Å². The van der Waals surface area contributed by atoms with Crippen molar-refractivity contribution in [1.82, 2.24) is 10.2 Å². The minimum absolute atomic E-state index is 0.0284. The number of amides is 2. The van der Waals surface area contributed by atoms with Crippen LogP contribution < -0.4 is 10.1 Å². The van der Waals surface area contributed by atoms with Gasteiger partial charge in [-0.05, 0) is 49.8 Å². The lowest BCUT2D eigenvalue weighted by Gasteiger charge is -2.32. The van der Waals surface area contributed by atoms with E-state index in [0.717, 1.165) is 29.7 Å². The molecule has 6 nitrogen and oxygen atoms in total. The molecule has 0 aromatic heterocycles. The first-order chi connectivity index (χ1) is 11.7. The maximum absolute atomic E-state index is 12.3. The van der Waals surface area contributed by atoms with Gasteiger partial charge in [-0.1, -0.05) is 12.1 Å². The zero-order valence-corrected chi connectivity index (χ0v) is 16.1. The van der Waals surface area contributed by atoms with E-state index in [0.29, 0.717) is 26.2 Å². The number of benzene rings is 1. The Morgan fingerprint density at radius 1 is 1.36 bits per heavy atom. The number of likely N-dealkylation sites (tertiary alicyclic amines) is 1. The second-order valence-corrected chi connectivity index (χ2v) is 9.08. The van der Waals surface area contributed by atoms with Crippen molar-refractivity contribution in [2.24, 2.45) is 5.92 Å². The molecular formula is C18H28N2O4S. The summed E-state index contributed by atoms with van der Waals surface area (Å²) < 4.78 is 28.6. The highest BCUT2D eigenvalue weighted by Crippen LogP contribution is 2.19. The number of carbonyl (C=O) groups excluding carboxylic acids is 1. The van der Waals surface area contributed by atoms with Crippen LogP contribution in [-0.2, 0) is 9.84 Å². The highest BCUT2D eigenvalue weighted by Gasteiger charge is 2.25. The summed E-state index contributed by atoms with van der Waals surface area (Å²) >= 11 is 0. The molecule has 1 aromatic rings. The number of sulfone groups is 1. The Bertz CT molecular complexity index is 703. The third-order valence-corrected chi connectivity index (χ3v) is 5.40. The van der Waals surface area contributed by atoms with Gasteiger partial charge in [0, 0.05) is 19.3 Å². The lowest BCUT2D eigenvalue weighted by atomic mass is 10.0. The third kappa shape index (κ3) is 6.57. The van der Waals surface area contributed by atoms with Gasteiger partial charge in [-0.15, -0.1) is 0 Å². The highest BCUT2D eigenvalue weighted by atomic mass is 32.2. The lowest BCUT2D eigenvalue weighted by Crippen LogP contribution is -2.47. The SMILES string of the molecule is Cc1ccc(C)c(OCCNC(=O)N2CCC[C@@H](CS(C)(=O)=O)C2)c1. The van der Waals surface area contributed by atoms with Gasteiger partial charge in [-0.25, -0.2) is 13.2 Å². The van der Waals surface area contributed by atoms with Crippen LogP contribution in [0.1, 0.15) is 24.0 Å². The Kier molecular flexibility index (Phi) is 6.70. The molecule has 0 bridgehead atoms. The average Bonchev–Trinajstić information content (AvgIpc) is 2.53. The fourth-order valence-corrected chi connectivity index (χ4v) is 4.24. The number of ether oxygens (including phenoxy) is 1. The van der Waals surface area contributed by atoms with Crippen LogP contribution in [0.15, 0.2) is 18.2 Å². The minimum atomic E-state index is -3.01. The van der Waals surface area contributed by atoms with Crippen LogP contribution in [0, 0.1) is 19.8 Å². The second kappa shape index (κ2) is 8.56. The van der Waals surface area contributed by atoms with Gasteiger partial charge < -0.3 is 15.0 Å². The Morgan fingerprint density at radius 2 is 2.12 bits per heavy atom. The van der Waals surface area contributed by atoms with Gasteiger partial charge in [0.05, 0.1) is 12.3 Å². The van der Waals surface area contributed by atoms with Crippen molar-refractivity contribution in [3.63, 3.8) is 0 Å². The number of aryl methyl sites for hydroxylation is 2. The number of piperidine rings is 1. The Hall–Kier alpha value is -1.76. The topological polar surface area (TPSA) is 75.7 Å². The molecule has 0 spiro atoms. The first kappa shape index (κ1) is 19.6. The zero-order valence-electron chi connectivity index (χ0n) is 15.2. The number of hydrogen-bond donors (Lipinski definition) is 1. The summed E-state index contributed by atoms with van der Waals surface area (Å²) in [5.74, 6) is 1.01. The van der Waals surface area contributed by atoms with Gasteiger partial charge in [-0.3, -0.25) is 0 Å². The van der Waals surface area contributed by atoms with Gasteiger partial charge in [0.25, 0.3) is 0 Å². The molecule has 0 radical (unpaired) electrons. The third-order valence-electron chi connectivity index (χ3n) is 4.32. The molecule has 1 fully saturated rings. The van der Waals surface area contributed by atoms with Crippen LogP contribution in [0.4, 0.5) is 4.79 Å². The van der Waals surface area contributed by atoms with E-state index in [2.05, 4.69) is 5.32 Å². The van der Waals surface area contributed by atoms with Crippen molar-refractivity contribution < 1.29 is 17.9 Å². The normalized spacial score (nSPS) is 18.0. The van der Waals surface area contributed by atoms with Crippen LogP contribution in [0.5, 0.6) is 5.75 Å². The van der Waals surface area contributed by atoms with E-state index in [1.54, 1.807) is 4.90 Å². The molecule has 0 saturated carbocycles. The molecule has 1 aliphatic rings. The molecule has 1 heterocycles. The molecule has 1 aliphatic heterocycles. The van der Waals surface area contributed by atoms with E-state index in [4.69, 9.17) is 4.74 Å². The molecule has 25 heavy (non-hydrogen) atoms. The fourth-order valence-electron chi connectivity index (χ4n) is 3.11. The fraction of sp³-hybridized carbons (Fsp3) is 0.611. The van der Waals surface area contributed by atoms with Crippen LogP contribution in [0.25, 0.3) is 0 Å². The molecule has 2 amide bonds. The smallest absolute Gasteiger partial charge is 0.317 e. The van der Waals surface area contributed by atoms with Crippen LogP contribution in [0.2, 0.25) is 0 Å². The summed E-state index contributed by atoms with van der Waals surface area (Å²) in [5.41, 5.74) is 2.20. The largest absolute Gasteiger partial charge is 0.491 e. The number of urea groups is 1. The van der Waals surface area contributed by atoms with Gasteiger partial charge in [0.15, 0.2) is 0 Å². The zero-order chi connectivity index (χ0) is 18.4. The second-order valence-electron chi connectivity index (χ2n) is 6.90. The van der Waals surface area contributed by atoms with E-state index < -0.39 is 9.84 Å². The first-order valence-corrected chi connectivity index (χ1v) is 10.7. The van der Waals surface area contributed by atoms with E-state index >= 15 is 0 Å². The van der Waals surface area contributed by atoms with Crippen molar-refractivity contribution in [3.8, 4) is 5.75 Å². The summed E-state index contributed by atoms with van der Waals surface area (Å²) in [7, 11) is -3.01. The summed E-state index contributed by atoms with van der Waals surface area (Å²) in [5, 5.41) is 2.85. The Balaban J connectivity index is 1.75. The molecule has 1 atom stereocenters. The maximum Gasteiger partial charge on any atom is 0.317 e. The number of nitrogens with one attached hydrogen (secondary N) is 1. The number of hydrogen-bond acceptors (Lipinski definition) is 4. The molecule has 2 rings (SSSR count). The first-order valence-electron chi connectivity index (χ1n) is 8.65.